The highest BCUT2D eigenvalue weighted by molar-refractivity contribution is 8.04. The summed E-state index contributed by atoms with van der Waals surface area (Å²) in [6.45, 7) is 2.04. The van der Waals surface area contributed by atoms with Crippen LogP contribution in [0.5, 0.6) is 0 Å². The van der Waals surface area contributed by atoms with Crippen molar-refractivity contribution in [3.05, 3.63) is 10.6 Å². The van der Waals surface area contributed by atoms with Crippen LogP contribution in [0.15, 0.2) is 10.6 Å². The number of rotatable bonds is 1. The standard InChI is InChI=1S/C7H11NO2S/c1-4-3-5(8)6(11-4)7(9)10-2/h4H,3,8H2,1-2H3/t4-/m0/s1. The summed E-state index contributed by atoms with van der Waals surface area (Å²) in [6, 6.07) is 0. The molecule has 0 aromatic rings. The smallest absolute Gasteiger partial charge is 0.346 e. The third-order valence-corrected chi connectivity index (χ3v) is 2.72. The van der Waals surface area contributed by atoms with Gasteiger partial charge in [0.2, 0.25) is 0 Å². The highest BCUT2D eigenvalue weighted by atomic mass is 32.2. The molecule has 2 N–H and O–H groups in total. The third kappa shape index (κ3) is 1.68. The first-order valence-corrected chi connectivity index (χ1v) is 4.26. The highest BCUT2D eigenvalue weighted by Crippen LogP contribution is 2.35. The van der Waals surface area contributed by atoms with E-state index in [0.717, 1.165) is 6.42 Å². The molecule has 0 aliphatic carbocycles. The van der Waals surface area contributed by atoms with Crippen LogP contribution in [0.3, 0.4) is 0 Å². The van der Waals surface area contributed by atoms with Crippen molar-refractivity contribution in [2.45, 2.75) is 18.6 Å². The molecule has 4 heteroatoms. The molecule has 1 rings (SSSR count). The van der Waals surface area contributed by atoms with Crippen LogP contribution in [0.2, 0.25) is 0 Å². The molecule has 0 aromatic carbocycles. The van der Waals surface area contributed by atoms with E-state index in [9.17, 15) is 4.79 Å². The van der Waals surface area contributed by atoms with E-state index in [4.69, 9.17) is 5.73 Å². The summed E-state index contributed by atoms with van der Waals surface area (Å²) in [6.07, 6.45) is 0.787. The maximum absolute atomic E-state index is 11.0. The van der Waals surface area contributed by atoms with Crippen LogP contribution in [-0.4, -0.2) is 18.3 Å². The minimum absolute atomic E-state index is 0.308. The van der Waals surface area contributed by atoms with E-state index in [0.29, 0.717) is 15.9 Å². The fourth-order valence-electron chi connectivity index (χ4n) is 0.993. The molecule has 0 amide bonds. The van der Waals surface area contributed by atoms with Crippen molar-refractivity contribution in [3.63, 3.8) is 0 Å². The second kappa shape index (κ2) is 3.17. The Kier molecular flexibility index (Phi) is 2.44. The molecular formula is C7H11NO2S. The molecule has 0 saturated carbocycles. The summed E-state index contributed by atoms with van der Waals surface area (Å²) in [5.41, 5.74) is 6.27. The predicted molar refractivity (Wildman–Crippen MR) is 44.9 cm³/mol. The van der Waals surface area contributed by atoms with Crippen molar-refractivity contribution >= 4 is 17.7 Å². The van der Waals surface area contributed by atoms with Crippen molar-refractivity contribution in [1.29, 1.82) is 0 Å². The Balaban J connectivity index is 2.72. The molecule has 0 unspecified atom stereocenters. The predicted octanol–water partition coefficient (Wildman–Crippen LogP) is 0.855. The lowest BCUT2D eigenvalue weighted by molar-refractivity contribution is -0.135. The zero-order chi connectivity index (χ0) is 8.43. The van der Waals surface area contributed by atoms with E-state index in [1.54, 1.807) is 0 Å². The molecule has 62 valence electrons. The molecule has 1 atom stereocenters. The van der Waals surface area contributed by atoms with Crippen LogP contribution in [0.1, 0.15) is 13.3 Å². The van der Waals surface area contributed by atoms with Crippen molar-refractivity contribution < 1.29 is 9.53 Å². The molecule has 1 aliphatic heterocycles. The Hall–Kier alpha value is -0.640. The minimum atomic E-state index is -0.308. The topological polar surface area (TPSA) is 52.3 Å². The average molecular weight is 173 g/mol. The SMILES string of the molecule is COC(=O)C1=C(N)C[C@H](C)S1. The van der Waals surface area contributed by atoms with Crippen molar-refractivity contribution in [1.82, 2.24) is 0 Å². The number of ether oxygens (including phenoxy) is 1. The fourth-order valence-corrected chi connectivity index (χ4v) is 2.07. The monoisotopic (exact) mass is 173 g/mol. The van der Waals surface area contributed by atoms with Gasteiger partial charge in [0.05, 0.1) is 7.11 Å². The molecule has 3 nitrogen and oxygen atoms in total. The quantitative estimate of drug-likeness (QED) is 0.597. The first kappa shape index (κ1) is 8.46. The van der Waals surface area contributed by atoms with Gasteiger partial charge in [-0.3, -0.25) is 0 Å². The molecule has 11 heavy (non-hydrogen) atoms. The maximum atomic E-state index is 11.0. The van der Waals surface area contributed by atoms with E-state index in [2.05, 4.69) is 4.74 Å². The largest absolute Gasteiger partial charge is 0.465 e. The summed E-state index contributed by atoms with van der Waals surface area (Å²) in [7, 11) is 1.37. The van der Waals surface area contributed by atoms with Gasteiger partial charge in [-0.1, -0.05) is 6.92 Å². The summed E-state index contributed by atoms with van der Waals surface area (Å²) < 4.78 is 4.56. The van der Waals surface area contributed by atoms with Gasteiger partial charge < -0.3 is 10.5 Å². The van der Waals surface area contributed by atoms with Gasteiger partial charge in [0.1, 0.15) is 4.91 Å². The molecule has 0 bridgehead atoms. The van der Waals surface area contributed by atoms with Gasteiger partial charge in [0.15, 0.2) is 0 Å². The molecular weight excluding hydrogens is 162 g/mol. The molecule has 1 aliphatic rings. The number of methoxy groups -OCH3 is 1. The Morgan fingerprint density at radius 2 is 2.45 bits per heavy atom. The van der Waals surface area contributed by atoms with Crippen LogP contribution in [-0.2, 0) is 9.53 Å². The van der Waals surface area contributed by atoms with Crippen LogP contribution in [0.25, 0.3) is 0 Å². The number of hydrogen-bond acceptors (Lipinski definition) is 4. The second-order valence-electron chi connectivity index (χ2n) is 2.48. The normalized spacial score (nSPS) is 24.0. The second-order valence-corrected chi connectivity index (χ2v) is 3.93. The van der Waals surface area contributed by atoms with Gasteiger partial charge in [0, 0.05) is 17.4 Å². The zero-order valence-electron chi connectivity index (χ0n) is 6.59. The Morgan fingerprint density at radius 3 is 2.82 bits per heavy atom. The Morgan fingerprint density at radius 1 is 1.82 bits per heavy atom. The van der Waals surface area contributed by atoms with E-state index in [1.807, 2.05) is 6.92 Å². The first-order valence-electron chi connectivity index (χ1n) is 3.38. The molecule has 0 fully saturated rings. The van der Waals surface area contributed by atoms with E-state index >= 15 is 0 Å². The van der Waals surface area contributed by atoms with Gasteiger partial charge >= 0.3 is 5.97 Å². The van der Waals surface area contributed by atoms with Crippen LogP contribution in [0.4, 0.5) is 0 Å². The molecule has 0 aromatic heterocycles. The van der Waals surface area contributed by atoms with Gasteiger partial charge in [-0.2, -0.15) is 0 Å². The maximum Gasteiger partial charge on any atom is 0.346 e. The molecule has 0 radical (unpaired) electrons. The summed E-state index contributed by atoms with van der Waals surface area (Å²) >= 11 is 1.49. The minimum Gasteiger partial charge on any atom is -0.465 e. The number of carbonyl (C=O) groups is 1. The lowest BCUT2D eigenvalue weighted by Gasteiger charge is -1.99. The number of hydrogen-bond donors (Lipinski definition) is 1. The first-order chi connectivity index (χ1) is 5.15. The van der Waals surface area contributed by atoms with Crippen molar-refractivity contribution in [3.8, 4) is 0 Å². The summed E-state index contributed by atoms with van der Waals surface area (Å²) in [5, 5.41) is 0.407. The summed E-state index contributed by atoms with van der Waals surface area (Å²) in [5.74, 6) is -0.308. The van der Waals surface area contributed by atoms with E-state index in [-0.39, 0.29) is 5.97 Å². The number of nitrogens with two attached hydrogens (primary N) is 1. The van der Waals surface area contributed by atoms with Crippen molar-refractivity contribution in [2.75, 3.05) is 7.11 Å². The van der Waals surface area contributed by atoms with E-state index in [1.165, 1.54) is 18.9 Å². The number of thioether (sulfide) groups is 1. The fraction of sp³-hybridized carbons (Fsp3) is 0.571. The third-order valence-electron chi connectivity index (χ3n) is 1.49. The lowest BCUT2D eigenvalue weighted by Crippen LogP contribution is -2.06. The average Bonchev–Trinajstić information content (AvgIpc) is 2.28. The van der Waals surface area contributed by atoms with Gasteiger partial charge in [-0.25, -0.2) is 4.79 Å². The van der Waals surface area contributed by atoms with Crippen molar-refractivity contribution in [2.24, 2.45) is 5.73 Å². The summed E-state index contributed by atoms with van der Waals surface area (Å²) in [4.78, 5) is 11.6. The van der Waals surface area contributed by atoms with E-state index < -0.39 is 0 Å². The number of esters is 1. The van der Waals surface area contributed by atoms with Crippen LogP contribution < -0.4 is 5.73 Å². The van der Waals surface area contributed by atoms with Gasteiger partial charge in [-0.05, 0) is 0 Å². The molecule has 0 saturated heterocycles. The Bertz CT molecular complexity index is 212. The zero-order valence-corrected chi connectivity index (χ0v) is 7.40. The van der Waals surface area contributed by atoms with Gasteiger partial charge in [0.25, 0.3) is 0 Å². The lowest BCUT2D eigenvalue weighted by atomic mass is 10.2. The van der Waals surface area contributed by atoms with Crippen LogP contribution in [0, 0.1) is 0 Å². The number of carbonyl (C=O) groups excluding carboxylic acids is 1. The Labute approximate surface area is 70.0 Å². The molecule has 0 spiro atoms. The number of allylic oxidation sites excluding steroid dienone is 1. The van der Waals surface area contributed by atoms with Crippen LogP contribution >= 0.6 is 11.8 Å². The van der Waals surface area contributed by atoms with Gasteiger partial charge in [-0.15, -0.1) is 11.8 Å². The molecule has 1 heterocycles. The highest BCUT2D eigenvalue weighted by Gasteiger charge is 2.25.